The van der Waals surface area contributed by atoms with Gasteiger partial charge in [0.15, 0.2) is 0 Å². The fraction of sp³-hybridized carbons (Fsp3) is 0.300. The number of benzene rings is 2. The molecule has 7 nitrogen and oxygen atoms in total. The van der Waals surface area contributed by atoms with Crippen LogP contribution in [-0.4, -0.2) is 56.2 Å². The zero-order valence-electron chi connectivity index (χ0n) is 15.6. The third-order valence-electron chi connectivity index (χ3n) is 4.02. The molecule has 1 amide bonds. The van der Waals surface area contributed by atoms with E-state index in [0.717, 1.165) is 22.6 Å². The first-order valence-corrected chi connectivity index (χ1v) is 8.40. The number of hydrogen-bond acceptors (Lipinski definition) is 5. The third-order valence-corrected chi connectivity index (χ3v) is 4.02. The first-order chi connectivity index (χ1) is 12.9. The van der Waals surface area contributed by atoms with Gasteiger partial charge in [-0.3, -0.25) is 14.5 Å². The number of nitrogens with zero attached hydrogens (tertiary/aromatic N) is 1. The standard InChI is InChI=1S/C20H24N2O5/c1-22(13-19(24)25)12-18(23)21-20(14-4-8-16(26-2)9-5-14)15-6-10-17(27-3)11-7-15/h4-11,20H,12-13H2,1-3H3,(H,21,23)(H,24,25). The van der Waals surface area contributed by atoms with E-state index >= 15 is 0 Å². The quantitative estimate of drug-likeness (QED) is 0.699. The predicted molar refractivity (Wildman–Crippen MR) is 101 cm³/mol. The molecule has 0 radical (unpaired) electrons. The van der Waals surface area contributed by atoms with Crippen LogP contribution in [-0.2, 0) is 9.59 Å². The van der Waals surface area contributed by atoms with Crippen molar-refractivity contribution >= 4 is 11.9 Å². The molecule has 2 aromatic rings. The van der Waals surface area contributed by atoms with E-state index in [1.165, 1.54) is 4.90 Å². The molecular formula is C20H24N2O5. The van der Waals surface area contributed by atoms with Crippen molar-refractivity contribution in [3.8, 4) is 11.5 Å². The molecule has 0 saturated heterocycles. The van der Waals surface area contributed by atoms with Crippen LogP contribution in [0.15, 0.2) is 48.5 Å². The number of carboxylic acids is 1. The van der Waals surface area contributed by atoms with Crippen molar-refractivity contribution in [2.75, 3.05) is 34.4 Å². The second-order valence-corrected chi connectivity index (χ2v) is 6.11. The summed E-state index contributed by atoms with van der Waals surface area (Å²) >= 11 is 0. The topological polar surface area (TPSA) is 88.1 Å². The number of carbonyl (C=O) groups excluding carboxylic acids is 1. The van der Waals surface area contributed by atoms with E-state index < -0.39 is 5.97 Å². The molecule has 0 fully saturated rings. The van der Waals surface area contributed by atoms with E-state index in [1.54, 1.807) is 21.3 Å². The van der Waals surface area contributed by atoms with Crippen LogP contribution >= 0.6 is 0 Å². The van der Waals surface area contributed by atoms with Gasteiger partial charge in [-0.1, -0.05) is 24.3 Å². The molecule has 0 aliphatic carbocycles. The second-order valence-electron chi connectivity index (χ2n) is 6.11. The van der Waals surface area contributed by atoms with Gasteiger partial charge < -0.3 is 19.9 Å². The smallest absolute Gasteiger partial charge is 0.317 e. The number of nitrogens with one attached hydrogen (secondary N) is 1. The van der Waals surface area contributed by atoms with Gasteiger partial charge in [-0.05, 0) is 42.4 Å². The molecule has 0 unspecified atom stereocenters. The van der Waals surface area contributed by atoms with Gasteiger partial charge in [0.2, 0.25) is 5.91 Å². The summed E-state index contributed by atoms with van der Waals surface area (Å²) < 4.78 is 10.4. The summed E-state index contributed by atoms with van der Waals surface area (Å²) in [5.41, 5.74) is 1.77. The van der Waals surface area contributed by atoms with Gasteiger partial charge in [0, 0.05) is 0 Å². The van der Waals surface area contributed by atoms with Crippen LogP contribution in [0.5, 0.6) is 11.5 Å². The van der Waals surface area contributed by atoms with Crippen LogP contribution in [0.25, 0.3) is 0 Å². The Kier molecular flexibility index (Phi) is 7.19. The molecule has 2 rings (SSSR count). The lowest BCUT2D eigenvalue weighted by Crippen LogP contribution is -2.39. The number of aliphatic carboxylic acids is 1. The number of likely N-dealkylation sites (N-methyl/N-ethyl adjacent to an activating group) is 1. The van der Waals surface area contributed by atoms with E-state index in [2.05, 4.69) is 5.32 Å². The number of carboxylic acid groups (broad SMARTS) is 1. The highest BCUT2D eigenvalue weighted by Crippen LogP contribution is 2.26. The molecule has 0 aromatic heterocycles. The zero-order valence-corrected chi connectivity index (χ0v) is 15.6. The fourth-order valence-electron chi connectivity index (χ4n) is 2.69. The first kappa shape index (κ1) is 20.3. The van der Waals surface area contributed by atoms with Gasteiger partial charge in [-0.25, -0.2) is 0 Å². The number of methoxy groups -OCH3 is 2. The number of ether oxygens (including phenoxy) is 2. The Bertz CT molecular complexity index is 711. The molecular weight excluding hydrogens is 348 g/mol. The van der Waals surface area contributed by atoms with Crippen LogP contribution in [0.1, 0.15) is 17.2 Å². The van der Waals surface area contributed by atoms with E-state index in [4.69, 9.17) is 14.6 Å². The molecule has 0 bridgehead atoms. The normalized spacial score (nSPS) is 10.7. The second kappa shape index (κ2) is 9.59. The molecule has 0 saturated carbocycles. The minimum Gasteiger partial charge on any atom is -0.497 e. The Morgan fingerprint density at radius 2 is 1.37 bits per heavy atom. The number of carbonyl (C=O) groups is 2. The summed E-state index contributed by atoms with van der Waals surface area (Å²) in [7, 11) is 4.77. The van der Waals surface area contributed by atoms with Crippen molar-refractivity contribution in [3.05, 3.63) is 59.7 Å². The summed E-state index contributed by atoms with van der Waals surface area (Å²) in [5, 5.41) is 11.8. The average molecular weight is 372 g/mol. The van der Waals surface area contributed by atoms with E-state index in [9.17, 15) is 9.59 Å². The van der Waals surface area contributed by atoms with Gasteiger partial charge in [-0.15, -0.1) is 0 Å². The Morgan fingerprint density at radius 1 is 0.926 bits per heavy atom. The maximum absolute atomic E-state index is 12.4. The molecule has 144 valence electrons. The maximum Gasteiger partial charge on any atom is 0.317 e. The van der Waals surface area contributed by atoms with E-state index in [0.29, 0.717) is 0 Å². The van der Waals surface area contributed by atoms with Crippen LogP contribution in [0.2, 0.25) is 0 Å². The summed E-state index contributed by atoms with van der Waals surface area (Å²) in [4.78, 5) is 24.7. The molecule has 0 heterocycles. The summed E-state index contributed by atoms with van der Waals surface area (Å²) in [5.74, 6) is 0.196. The summed E-state index contributed by atoms with van der Waals surface area (Å²) in [6.45, 7) is -0.224. The average Bonchev–Trinajstić information content (AvgIpc) is 2.65. The van der Waals surface area contributed by atoms with Crippen molar-refractivity contribution in [1.82, 2.24) is 10.2 Å². The van der Waals surface area contributed by atoms with E-state index in [1.807, 2.05) is 48.5 Å². The Hall–Kier alpha value is -3.06. The van der Waals surface area contributed by atoms with Gasteiger partial charge in [0.1, 0.15) is 11.5 Å². The minimum absolute atomic E-state index is 0.0187. The zero-order chi connectivity index (χ0) is 19.8. The summed E-state index contributed by atoms with van der Waals surface area (Å²) in [6.07, 6.45) is 0. The SMILES string of the molecule is COc1ccc(C(NC(=O)CN(C)CC(=O)O)c2ccc(OC)cc2)cc1. The maximum atomic E-state index is 12.4. The first-order valence-electron chi connectivity index (χ1n) is 8.40. The van der Waals surface area contributed by atoms with Gasteiger partial charge in [0.05, 0.1) is 33.4 Å². The number of rotatable bonds is 9. The third kappa shape index (κ3) is 6.00. The van der Waals surface area contributed by atoms with Crippen LogP contribution in [0, 0.1) is 0 Å². The highest BCUT2D eigenvalue weighted by molar-refractivity contribution is 5.80. The molecule has 0 atom stereocenters. The molecule has 0 spiro atoms. The molecule has 0 aliphatic heterocycles. The van der Waals surface area contributed by atoms with Crippen molar-refractivity contribution in [1.29, 1.82) is 0 Å². The summed E-state index contributed by atoms with van der Waals surface area (Å²) in [6, 6.07) is 14.5. The lowest BCUT2D eigenvalue weighted by molar-refractivity contribution is -0.138. The van der Waals surface area contributed by atoms with Gasteiger partial charge >= 0.3 is 5.97 Å². The molecule has 2 aromatic carbocycles. The lowest BCUT2D eigenvalue weighted by atomic mass is 9.98. The number of amides is 1. The van der Waals surface area contributed by atoms with Crippen molar-refractivity contribution < 1.29 is 24.2 Å². The van der Waals surface area contributed by atoms with Gasteiger partial charge in [-0.2, -0.15) is 0 Å². The van der Waals surface area contributed by atoms with Crippen LogP contribution in [0.3, 0.4) is 0 Å². The largest absolute Gasteiger partial charge is 0.497 e. The Labute approximate surface area is 158 Å². The van der Waals surface area contributed by atoms with Crippen molar-refractivity contribution in [2.45, 2.75) is 6.04 Å². The molecule has 7 heteroatoms. The highest BCUT2D eigenvalue weighted by atomic mass is 16.5. The van der Waals surface area contributed by atoms with Crippen molar-refractivity contribution in [2.24, 2.45) is 0 Å². The molecule has 0 aliphatic rings. The van der Waals surface area contributed by atoms with Gasteiger partial charge in [0.25, 0.3) is 0 Å². The Morgan fingerprint density at radius 3 is 1.74 bits per heavy atom. The monoisotopic (exact) mass is 372 g/mol. The van der Waals surface area contributed by atoms with Crippen LogP contribution in [0.4, 0.5) is 0 Å². The Balaban J connectivity index is 2.22. The van der Waals surface area contributed by atoms with Crippen LogP contribution < -0.4 is 14.8 Å². The fourth-order valence-corrected chi connectivity index (χ4v) is 2.69. The van der Waals surface area contributed by atoms with Crippen molar-refractivity contribution in [3.63, 3.8) is 0 Å². The molecule has 2 N–H and O–H groups in total. The number of hydrogen-bond donors (Lipinski definition) is 2. The highest BCUT2D eigenvalue weighted by Gasteiger charge is 2.19. The lowest BCUT2D eigenvalue weighted by Gasteiger charge is -2.22. The minimum atomic E-state index is -0.979. The molecule has 27 heavy (non-hydrogen) atoms. The predicted octanol–water partition coefficient (Wildman–Crippen LogP) is 1.93. The van der Waals surface area contributed by atoms with E-state index in [-0.39, 0.29) is 25.0 Å².